The first-order valence-corrected chi connectivity index (χ1v) is 19.3. The van der Waals surface area contributed by atoms with Gasteiger partial charge >= 0.3 is 11.9 Å². The van der Waals surface area contributed by atoms with Crippen LogP contribution < -0.4 is 5.73 Å². The van der Waals surface area contributed by atoms with E-state index in [1.165, 1.54) is 13.0 Å². The van der Waals surface area contributed by atoms with Gasteiger partial charge in [-0.1, -0.05) is 81.0 Å². The zero-order chi connectivity index (χ0) is 41.6. The number of fused-ring (bicyclic) bond motifs is 2. The predicted molar refractivity (Wildman–Crippen MR) is 201 cm³/mol. The Kier molecular flexibility index (Phi) is 19.2. The van der Waals surface area contributed by atoms with Crippen LogP contribution in [0.5, 0.6) is 0 Å². The van der Waals surface area contributed by atoms with Crippen molar-refractivity contribution in [1.29, 1.82) is 0 Å². The van der Waals surface area contributed by atoms with Crippen LogP contribution in [0.2, 0.25) is 0 Å². The van der Waals surface area contributed by atoms with Crippen LogP contribution in [0.15, 0.2) is 60.8 Å². The summed E-state index contributed by atoms with van der Waals surface area (Å²) in [5, 5.41) is 85.5. The minimum atomic E-state index is -2.34. The minimum Gasteiger partial charge on any atom is -0.481 e. The average Bonchev–Trinajstić information content (AvgIpc) is 3.11. The molecule has 3 aliphatic heterocycles. The number of aliphatic hydroxyl groups excluding tert-OH is 6. The monoisotopic (exact) mass is 795 g/mol. The van der Waals surface area contributed by atoms with Gasteiger partial charge in [0.25, 0.3) is 0 Å². The van der Waals surface area contributed by atoms with Crippen molar-refractivity contribution >= 4 is 17.7 Å². The molecule has 10 unspecified atom stereocenters. The highest BCUT2D eigenvalue weighted by Crippen LogP contribution is 2.38. The van der Waals surface area contributed by atoms with E-state index in [1.54, 1.807) is 48.6 Å². The molecule has 0 amide bonds. The Hall–Kier alpha value is -3.13. The molecule has 15 atom stereocenters. The van der Waals surface area contributed by atoms with E-state index >= 15 is 0 Å². The van der Waals surface area contributed by atoms with Crippen LogP contribution in [0.4, 0.5) is 0 Å². The van der Waals surface area contributed by atoms with Gasteiger partial charge in [-0.2, -0.15) is 0 Å². The summed E-state index contributed by atoms with van der Waals surface area (Å²) in [7, 11) is 0. The Balaban J connectivity index is 1.91. The highest BCUT2D eigenvalue weighted by atomic mass is 16.7. The number of nitrogens with two attached hydrogens (primary N) is 1. The van der Waals surface area contributed by atoms with Crippen molar-refractivity contribution in [2.45, 2.75) is 158 Å². The number of allylic oxidation sites excluding steroid dienone is 8. The molecule has 2 saturated heterocycles. The van der Waals surface area contributed by atoms with Gasteiger partial charge in [0, 0.05) is 38.5 Å². The number of rotatable bonds is 5. The van der Waals surface area contributed by atoms with Crippen LogP contribution >= 0.6 is 0 Å². The molecule has 2 fully saturated rings. The second kappa shape index (κ2) is 22.7. The molecule has 16 heteroatoms. The van der Waals surface area contributed by atoms with Gasteiger partial charge in [0.1, 0.15) is 23.9 Å². The Morgan fingerprint density at radius 2 is 1.55 bits per heavy atom. The normalized spacial score (nSPS) is 42.5. The molecule has 3 aliphatic rings. The van der Waals surface area contributed by atoms with Crippen LogP contribution in [-0.4, -0.2) is 138 Å². The molecule has 316 valence electrons. The molecule has 10 N–H and O–H groups in total. The van der Waals surface area contributed by atoms with E-state index < -0.39 is 128 Å². The summed E-state index contributed by atoms with van der Waals surface area (Å²) in [5.41, 5.74) is 5.99. The molecular weight excluding hydrogens is 734 g/mol. The molecule has 2 bridgehead atoms. The maximum Gasteiger partial charge on any atom is 0.311 e. The maximum atomic E-state index is 12.6. The van der Waals surface area contributed by atoms with Crippen molar-refractivity contribution in [2.75, 3.05) is 0 Å². The molecule has 0 aromatic rings. The third-order valence-electron chi connectivity index (χ3n) is 10.4. The van der Waals surface area contributed by atoms with Gasteiger partial charge in [0.2, 0.25) is 0 Å². The topological polar surface area (TPSA) is 276 Å². The van der Waals surface area contributed by atoms with Crippen LogP contribution in [-0.2, 0) is 33.3 Å². The Bertz CT molecular complexity index is 1420. The summed E-state index contributed by atoms with van der Waals surface area (Å²) in [6.07, 6.45) is 1.21. The molecule has 0 spiro atoms. The largest absolute Gasteiger partial charge is 0.481 e. The van der Waals surface area contributed by atoms with E-state index in [1.807, 2.05) is 19.9 Å². The van der Waals surface area contributed by atoms with Gasteiger partial charge in [0.05, 0.1) is 61.3 Å². The number of ether oxygens (including phenoxy) is 4. The number of Topliss-reactive ketones (excluding diaryl/α,β-unsaturated/α-hetero) is 1. The van der Waals surface area contributed by atoms with Gasteiger partial charge in [-0.25, -0.2) is 0 Å². The molecular formula is C40H61NO15. The molecule has 3 heterocycles. The lowest BCUT2D eigenvalue weighted by Gasteiger charge is -2.45. The maximum absolute atomic E-state index is 12.6. The number of hydrogen-bond acceptors (Lipinski definition) is 15. The van der Waals surface area contributed by atoms with Crippen LogP contribution in [0.3, 0.4) is 0 Å². The number of carbonyl (C=O) groups excluding carboxylic acids is 2. The number of carboxylic acid groups (broad SMARTS) is 1. The third kappa shape index (κ3) is 14.7. The molecule has 0 aromatic carbocycles. The standard InChI is InChI=1S/C40H61NO15/c1-4-23(2)31-15-13-11-9-7-5-6-8-10-12-14-27(54-39-37(49)35(41)36(48)24(3)53-39)20-32-34(38(50)51)30(46)22-40(52,56-32)21-29(45)28(44)17-16-25(42)18-26(43)19-33(47)55-31/h5-14,23-24,26-32,34-37,39,43-46,48-49,52H,4,15-22,41H2,1-3H3,(H,50,51)/b6-5+,9-7+,10-8+,13-11+,14-12+/t23?,24-,26?,27?,28?,29?,30?,31?,32?,34?,35+,36-,37-,39+,40?/m1/s1. The van der Waals surface area contributed by atoms with E-state index in [2.05, 4.69) is 0 Å². The number of aliphatic carboxylic acids is 1. The highest BCUT2D eigenvalue weighted by Gasteiger charge is 2.51. The van der Waals surface area contributed by atoms with Crippen LogP contribution in [0.1, 0.15) is 78.6 Å². The van der Waals surface area contributed by atoms with E-state index in [-0.39, 0.29) is 25.2 Å². The van der Waals surface area contributed by atoms with E-state index in [4.69, 9.17) is 24.7 Å². The summed E-state index contributed by atoms with van der Waals surface area (Å²) in [4.78, 5) is 37.7. The molecule has 0 radical (unpaired) electrons. The van der Waals surface area contributed by atoms with Crippen molar-refractivity contribution in [3.63, 3.8) is 0 Å². The Labute approximate surface area is 327 Å². The molecule has 0 aliphatic carbocycles. The molecule has 56 heavy (non-hydrogen) atoms. The number of cyclic esters (lactones) is 1. The zero-order valence-electron chi connectivity index (χ0n) is 32.2. The molecule has 3 rings (SSSR count). The fraction of sp³-hybridized carbons (Fsp3) is 0.675. The average molecular weight is 796 g/mol. The molecule has 16 nitrogen and oxygen atoms in total. The fourth-order valence-electron chi connectivity index (χ4n) is 6.85. The van der Waals surface area contributed by atoms with E-state index in [0.717, 1.165) is 6.42 Å². The first-order valence-electron chi connectivity index (χ1n) is 19.3. The smallest absolute Gasteiger partial charge is 0.311 e. The first kappa shape index (κ1) is 47.2. The zero-order valence-corrected chi connectivity index (χ0v) is 32.2. The van der Waals surface area contributed by atoms with Crippen LogP contribution in [0, 0.1) is 11.8 Å². The summed E-state index contributed by atoms with van der Waals surface area (Å²) >= 11 is 0. The number of carboxylic acids is 1. The van der Waals surface area contributed by atoms with Crippen molar-refractivity contribution in [2.24, 2.45) is 17.6 Å². The third-order valence-corrected chi connectivity index (χ3v) is 10.4. The minimum absolute atomic E-state index is 0.0294. The van der Waals surface area contributed by atoms with Gasteiger partial charge in [-0.05, 0) is 19.3 Å². The van der Waals surface area contributed by atoms with E-state index in [0.29, 0.717) is 6.42 Å². The number of hydrogen-bond donors (Lipinski definition) is 9. The molecule has 0 aromatic heterocycles. The first-order chi connectivity index (χ1) is 26.4. The van der Waals surface area contributed by atoms with Gasteiger partial charge < -0.3 is 65.5 Å². The quantitative estimate of drug-likeness (QED) is 0.174. The summed E-state index contributed by atoms with van der Waals surface area (Å²) in [5.74, 6) is -6.47. The summed E-state index contributed by atoms with van der Waals surface area (Å²) in [6, 6.07) is -1.13. The van der Waals surface area contributed by atoms with Crippen molar-refractivity contribution in [3.05, 3.63) is 60.8 Å². The lowest BCUT2D eigenvalue weighted by atomic mass is 9.82. The van der Waals surface area contributed by atoms with Crippen molar-refractivity contribution in [1.82, 2.24) is 0 Å². The van der Waals surface area contributed by atoms with Crippen molar-refractivity contribution < 1.29 is 74.2 Å². The van der Waals surface area contributed by atoms with Gasteiger partial charge in [-0.3, -0.25) is 14.4 Å². The second-order valence-electron chi connectivity index (χ2n) is 15.0. The lowest BCUT2D eigenvalue weighted by molar-refractivity contribution is -0.310. The number of ketones is 1. The van der Waals surface area contributed by atoms with Gasteiger partial charge in [0.15, 0.2) is 12.1 Å². The predicted octanol–water partition coefficient (Wildman–Crippen LogP) is 0.840. The number of carbonyl (C=O) groups is 3. The number of esters is 1. The SMILES string of the molecule is CCC(C)C1C/C=C/C=C/C=C/C=C/C=C/C(O[C@@H]2O[C@H](C)[C@@H](O)[C@H](N)[C@H]2O)CC2OC(O)(CC(O)C(O)CCC(=O)CC(O)CC(=O)O1)CC(O)C2C(=O)O. The fourth-order valence-corrected chi connectivity index (χ4v) is 6.85. The Morgan fingerprint density at radius 3 is 2.20 bits per heavy atom. The highest BCUT2D eigenvalue weighted by molar-refractivity contribution is 5.80. The summed E-state index contributed by atoms with van der Waals surface area (Å²) < 4.78 is 23.2. The number of aliphatic hydroxyl groups is 7. The van der Waals surface area contributed by atoms with Gasteiger partial charge in [-0.15, -0.1) is 0 Å². The molecule has 0 saturated carbocycles. The van der Waals surface area contributed by atoms with Crippen molar-refractivity contribution in [3.8, 4) is 0 Å². The van der Waals surface area contributed by atoms with E-state index in [9.17, 15) is 55.2 Å². The Morgan fingerprint density at radius 1 is 0.929 bits per heavy atom. The second-order valence-corrected chi connectivity index (χ2v) is 15.0. The lowest BCUT2D eigenvalue weighted by Crippen LogP contribution is -2.61. The van der Waals surface area contributed by atoms with Crippen LogP contribution in [0.25, 0.3) is 0 Å². The summed E-state index contributed by atoms with van der Waals surface area (Å²) in [6.45, 7) is 5.45.